The highest BCUT2D eigenvalue weighted by atomic mass is 32.1. The minimum atomic E-state index is -2.86. The third kappa shape index (κ3) is 7.27. The third-order valence-electron chi connectivity index (χ3n) is 7.08. The van der Waals surface area contributed by atoms with E-state index in [0.29, 0.717) is 18.2 Å². The maximum absolute atomic E-state index is 13.1. The second kappa shape index (κ2) is 11.6. The highest BCUT2D eigenvalue weighted by Gasteiger charge is 2.26. The van der Waals surface area contributed by atoms with Crippen molar-refractivity contribution in [2.45, 2.75) is 63.5 Å². The Bertz CT molecular complexity index is 1220. The Morgan fingerprint density at radius 3 is 2.92 bits per heavy atom. The van der Waals surface area contributed by atoms with Crippen molar-refractivity contribution in [3.8, 4) is 5.19 Å². The Labute approximate surface area is 225 Å². The first-order chi connectivity index (χ1) is 18.2. The van der Waals surface area contributed by atoms with Crippen LogP contribution in [0.4, 0.5) is 8.78 Å². The Kier molecular flexibility index (Phi) is 8.25. The number of carbonyl (C=O) groups is 1. The number of hydrogen-bond donors (Lipinski definition) is 1. The van der Waals surface area contributed by atoms with Crippen LogP contribution in [0.25, 0.3) is 10.9 Å². The quantitative estimate of drug-likeness (QED) is 0.440. The number of ether oxygens (including phenoxy) is 2. The molecule has 3 aromatic rings. The van der Waals surface area contributed by atoms with Gasteiger partial charge in [-0.25, -0.2) is 13.8 Å². The van der Waals surface area contributed by atoms with E-state index in [-0.39, 0.29) is 18.1 Å². The van der Waals surface area contributed by atoms with Crippen molar-refractivity contribution in [2.24, 2.45) is 7.05 Å². The van der Waals surface area contributed by atoms with Gasteiger partial charge >= 0.3 is 0 Å². The summed E-state index contributed by atoms with van der Waals surface area (Å²) in [4.78, 5) is 20.6. The summed E-state index contributed by atoms with van der Waals surface area (Å²) in [5, 5.41) is 8.89. The lowest BCUT2D eigenvalue weighted by Gasteiger charge is -2.31. The maximum atomic E-state index is 13.1. The van der Waals surface area contributed by atoms with Crippen molar-refractivity contribution >= 4 is 28.1 Å². The van der Waals surface area contributed by atoms with E-state index >= 15 is 0 Å². The van der Waals surface area contributed by atoms with Crippen molar-refractivity contribution in [2.75, 3.05) is 32.8 Å². The molecule has 1 aromatic carbocycles. The van der Waals surface area contributed by atoms with Crippen LogP contribution in [0, 0.1) is 0 Å². The van der Waals surface area contributed by atoms with Gasteiger partial charge in [0.25, 0.3) is 11.1 Å². The molecule has 0 bridgehead atoms. The number of amides is 1. The zero-order valence-corrected chi connectivity index (χ0v) is 22.7. The molecule has 206 valence electrons. The van der Waals surface area contributed by atoms with Gasteiger partial charge in [-0.2, -0.15) is 5.10 Å². The first kappa shape index (κ1) is 27.0. The summed E-state index contributed by atoms with van der Waals surface area (Å²) in [5.41, 5.74) is 2.88. The van der Waals surface area contributed by atoms with Crippen molar-refractivity contribution < 1.29 is 23.0 Å². The molecule has 1 amide bonds. The van der Waals surface area contributed by atoms with Gasteiger partial charge in [-0.3, -0.25) is 9.48 Å². The zero-order valence-electron chi connectivity index (χ0n) is 21.9. The van der Waals surface area contributed by atoms with Crippen molar-refractivity contribution in [1.82, 2.24) is 25.0 Å². The number of carbonyl (C=O) groups excluding carboxylic acids is 1. The standard InChI is InChI=1S/C27H35F2N5O3S/c1-27(28,29)17-37-26-31-23-8-11-34(12-9-24(23)38-26)10-7-21-5-4-20(16-36-21)30-25(35)14-18-3-6-22-19(13-18)15-33(2)32-22/h3,6,13,15,20-21H,4-5,7-12,14,16-17H2,1-2H3,(H,30,35). The Morgan fingerprint density at radius 1 is 1.29 bits per heavy atom. The van der Waals surface area contributed by atoms with Crippen LogP contribution in [0.1, 0.15) is 42.3 Å². The smallest absolute Gasteiger partial charge is 0.278 e. The first-order valence-electron chi connectivity index (χ1n) is 13.2. The van der Waals surface area contributed by atoms with Gasteiger partial charge in [0.15, 0.2) is 6.61 Å². The molecule has 1 saturated heterocycles. The van der Waals surface area contributed by atoms with Crippen LogP contribution in [0.15, 0.2) is 24.4 Å². The normalized spacial score (nSPS) is 20.7. The van der Waals surface area contributed by atoms with Gasteiger partial charge in [0.05, 0.1) is 36.4 Å². The second-order valence-electron chi connectivity index (χ2n) is 10.5. The molecule has 0 radical (unpaired) electrons. The predicted octanol–water partition coefficient (Wildman–Crippen LogP) is 3.76. The van der Waals surface area contributed by atoms with Gasteiger partial charge in [0.1, 0.15) is 0 Å². The van der Waals surface area contributed by atoms with Gasteiger partial charge in [0, 0.05) is 56.5 Å². The highest BCUT2D eigenvalue weighted by molar-refractivity contribution is 7.13. The van der Waals surface area contributed by atoms with Gasteiger partial charge in [-0.15, -0.1) is 0 Å². The van der Waals surface area contributed by atoms with E-state index in [1.807, 2.05) is 31.4 Å². The molecular formula is C27H35F2N5O3S. The molecule has 1 N–H and O–H groups in total. The molecule has 38 heavy (non-hydrogen) atoms. The Balaban J connectivity index is 1.000. The molecule has 2 atom stereocenters. The van der Waals surface area contributed by atoms with Crippen molar-refractivity contribution in [3.05, 3.63) is 40.5 Å². The average Bonchev–Trinajstić information content (AvgIpc) is 3.38. The second-order valence-corrected chi connectivity index (χ2v) is 11.6. The number of hydrogen-bond acceptors (Lipinski definition) is 7. The van der Waals surface area contributed by atoms with E-state index in [2.05, 4.69) is 20.3 Å². The van der Waals surface area contributed by atoms with Crippen LogP contribution in [0.5, 0.6) is 5.19 Å². The topological polar surface area (TPSA) is 81.5 Å². The van der Waals surface area contributed by atoms with E-state index in [0.717, 1.165) is 85.7 Å². The number of fused-ring (bicyclic) bond motifs is 2. The fourth-order valence-electron chi connectivity index (χ4n) is 5.11. The SMILES string of the molecule is Cn1cc2cc(CC(=O)NC3CCC(CCN4CCc5nc(OCC(C)(F)F)sc5CC4)OC3)ccc2n1. The molecule has 8 nitrogen and oxygen atoms in total. The molecule has 0 saturated carbocycles. The van der Waals surface area contributed by atoms with Crippen molar-refractivity contribution in [1.29, 1.82) is 0 Å². The van der Waals surface area contributed by atoms with E-state index in [4.69, 9.17) is 9.47 Å². The fraction of sp³-hybridized carbons (Fsp3) is 0.593. The van der Waals surface area contributed by atoms with Crippen LogP contribution < -0.4 is 10.1 Å². The number of benzene rings is 1. The molecule has 2 aliphatic heterocycles. The number of alkyl halides is 2. The molecule has 0 aliphatic carbocycles. The number of aryl methyl sites for hydroxylation is 1. The average molecular weight is 548 g/mol. The summed E-state index contributed by atoms with van der Waals surface area (Å²) in [6.45, 7) is 3.49. The predicted molar refractivity (Wildman–Crippen MR) is 142 cm³/mol. The minimum Gasteiger partial charge on any atom is -0.464 e. The molecule has 1 fully saturated rings. The summed E-state index contributed by atoms with van der Waals surface area (Å²) in [6, 6.07) is 5.98. The van der Waals surface area contributed by atoms with Gasteiger partial charge in [0.2, 0.25) is 5.91 Å². The molecule has 2 aromatic heterocycles. The molecule has 0 spiro atoms. The summed E-state index contributed by atoms with van der Waals surface area (Å²) in [6.07, 6.45) is 6.95. The van der Waals surface area contributed by atoms with E-state index in [9.17, 15) is 13.6 Å². The number of thiazole rings is 1. The molecule has 2 unspecified atom stereocenters. The first-order valence-corrected chi connectivity index (χ1v) is 14.1. The molecule has 5 rings (SSSR count). The largest absolute Gasteiger partial charge is 0.464 e. The summed E-state index contributed by atoms with van der Waals surface area (Å²) in [5.74, 6) is -2.84. The van der Waals surface area contributed by atoms with Crippen LogP contribution in [0.2, 0.25) is 0 Å². The number of nitrogens with zero attached hydrogens (tertiary/aromatic N) is 4. The van der Waals surface area contributed by atoms with Gasteiger partial charge in [-0.1, -0.05) is 17.4 Å². The lowest BCUT2D eigenvalue weighted by molar-refractivity contribution is -0.122. The van der Waals surface area contributed by atoms with Crippen LogP contribution in [-0.2, 0) is 35.8 Å². The number of nitrogens with one attached hydrogen (secondary N) is 1. The monoisotopic (exact) mass is 547 g/mol. The lowest BCUT2D eigenvalue weighted by Crippen LogP contribution is -2.44. The third-order valence-corrected chi connectivity index (χ3v) is 8.15. The lowest BCUT2D eigenvalue weighted by atomic mass is 10.0. The van der Waals surface area contributed by atoms with Crippen molar-refractivity contribution in [3.63, 3.8) is 0 Å². The Hall–Kier alpha value is -2.63. The Morgan fingerprint density at radius 2 is 2.13 bits per heavy atom. The minimum absolute atomic E-state index is 0.0166. The van der Waals surface area contributed by atoms with E-state index in [1.54, 1.807) is 4.68 Å². The van der Waals surface area contributed by atoms with Gasteiger partial charge < -0.3 is 19.7 Å². The molecular weight excluding hydrogens is 512 g/mol. The van der Waals surface area contributed by atoms with Crippen LogP contribution in [-0.4, -0.2) is 76.5 Å². The van der Waals surface area contributed by atoms with Crippen LogP contribution >= 0.6 is 11.3 Å². The zero-order chi connectivity index (χ0) is 26.7. The number of rotatable bonds is 9. The molecule has 11 heteroatoms. The highest BCUT2D eigenvalue weighted by Crippen LogP contribution is 2.29. The molecule has 4 heterocycles. The summed E-state index contributed by atoms with van der Waals surface area (Å²) >= 11 is 1.39. The van der Waals surface area contributed by atoms with E-state index in [1.165, 1.54) is 11.3 Å². The number of aromatic nitrogens is 3. The van der Waals surface area contributed by atoms with Gasteiger partial charge in [-0.05, 0) is 43.4 Å². The molecule has 2 aliphatic rings. The maximum Gasteiger partial charge on any atom is 0.278 e. The fourth-order valence-corrected chi connectivity index (χ4v) is 6.05. The number of halogens is 2. The summed E-state index contributed by atoms with van der Waals surface area (Å²) in [7, 11) is 1.89. The summed E-state index contributed by atoms with van der Waals surface area (Å²) < 4.78 is 39.2. The van der Waals surface area contributed by atoms with Crippen LogP contribution in [0.3, 0.4) is 0 Å². The van der Waals surface area contributed by atoms with E-state index < -0.39 is 12.5 Å².